The van der Waals surface area contributed by atoms with Gasteiger partial charge in [0, 0.05) is 12.7 Å². The lowest BCUT2D eigenvalue weighted by atomic mass is 9.88. The lowest BCUT2D eigenvalue weighted by molar-refractivity contribution is -0.219. The summed E-state index contributed by atoms with van der Waals surface area (Å²) in [5, 5.41) is 40.3. The van der Waals surface area contributed by atoms with Gasteiger partial charge in [0.1, 0.15) is 30.0 Å². The highest BCUT2D eigenvalue weighted by molar-refractivity contribution is 7.06. The Labute approximate surface area is 247 Å². The van der Waals surface area contributed by atoms with Gasteiger partial charge in [-0.05, 0) is 36.5 Å². The smallest absolute Gasteiger partial charge is 0.255 e. The van der Waals surface area contributed by atoms with Crippen LogP contribution < -0.4 is 0 Å². The molecular formula is C26H29ClF3N5O6S. The van der Waals surface area contributed by atoms with Gasteiger partial charge >= 0.3 is 0 Å². The second-order valence-electron chi connectivity index (χ2n) is 10.3. The Morgan fingerprint density at radius 3 is 2.57 bits per heavy atom. The minimum absolute atomic E-state index is 0.0343. The van der Waals surface area contributed by atoms with Gasteiger partial charge in [-0.3, -0.25) is 4.79 Å². The molecular weight excluding hydrogens is 603 g/mol. The van der Waals surface area contributed by atoms with Gasteiger partial charge in [0.25, 0.3) is 5.91 Å². The van der Waals surface area contributed by atoms with Gasteiger partial charge in [0.15, 0.2) is 23.6 Å². The van der Waals surface area contributed by atoms with Crippen LogP contribution in [0.4, 0.5) is 13.2 Å². The van der Waals surface area contributed by atoms with E-state index in [2.05, 4.69) is 14.7 Å². The molecule has 1 aliphatic carbocycles. The molecule has 1 saturated heterocycles. The Morgan fingerprint density at radius 2 is 1.95 bits per heavy atom. The molecule has 1 saturated carbocycles. The van der Waals surface area contributed by atoms with Crippen LogP contribution in [0.3, 0.4) is 0 Å². The quantitative estimate of drug-likeness (QED) is 0.320. The zero-order valence-corrected chi connectivity index (χ0v) is 23.9. The Balaban J connectivity index is 1.50. The summed E-state index contributed by atoms with van der Waals surface area (Å²) in [5.74, 6) is -5.05. The number of ether oxygens (including phenoxy) is 2. The summed E-state index contributed by atoms with van der Waals surface area (Å²) in [6, 6.07) is -0.218. The second-order valence-corrected chi connectivity index (χ2v) is 11.6. The first-order chi connectivity index (χ1) is 20.1. The maximum atomic E-state index is 14.3. The largest absolute Gasteiger partial charge is 0.394 e. The van der Waals surface area contributed by atoms with Crippen LogP contribution in [0.2, 0.25) is 5.02 Å². The molecule has 5 rings (SSSR count). The summed E-state index contributed by atoms with van der Waals surface area (Å²) < 4.78 is 58.1. The molecule has 0 unspecified atom stereocenters. The molecule has 0 bridgehead atoms. The highest BCUT2D eigenvalue weighted by Crippen LogP contribution is 2.36. The predicted molar refractivity (Wildman–Crippen MR) is 143 cm³/mol. The molecule has 2 aromatic heterocycles. The van der Waals surface area contributed by atoms with E-state index in [9.17, 15) is 33.3 Å². The van der Waals surface area contributed by atoms with Crippen molar-refractivity contribution in [3.63, 3.8) is 0 Å². The minimum Gasteiger partial charge on any atom is -0.394 e. The van der Waals surface area contributed by atoms with Crippen LogP contribution in [-0.4, -0.2) is 95.8 Å². The van der Waals surface area contributed by atoms with Gasteiger partial charge in [0.05, 0.1) is 47.6 Å². The van der Waals surface area contributed by atoms with Crippen molar-refractivity contribution in [1.82, 2.24) is 24.3 Å². The van der Waals surface area contributed by atoms with Gasteiger partial charge < -0.3 is 29.7 Å². The molecule has 2 aliphatic rings. The van der Waals surface area contributed by atoms with Crippen LogP contribution >= 0.6 is 23.1 Å². The maximum absolute atomic E-state index is 14.3. The molecule has 3 aromatic rings. The van der Waals surface area contributed by atoms with E-state index in [0.717, 1.165) is 41.2 Å². The molecule has 1 aromatic carbocycles. The fourth-order valence-electron chi connectivity index (χ4n) is 5.61. The number of methoxy groups -OCH3 is 1. The third-order valence-electron chi connectivity index (χ3n) is 7.76. The first-order valence-corrected chi connectivity index (χ1v) is 14.4. The SMILES string of the molecule is CO[C@@H]1[C@@H](n2cc(-c3cc(F)c(F)c(F)c3)nn2)[C@@H](O)[C@@H](CO)O[C@H]1C(=O)N(Cc1sncc1Cl)[C@H]1CCCC[C@@H]1O. The van der Waals surface area contributed by atoms with E-state index in [4.69, 9.17) is 21.1 Å². The maximum Gasteiger partial charge on any atom is 0.255 e. The van der Waals surface area contributed by atoms with Gasteiger partial charge in [-0.2, -0.15) is 4.37 Å². The third kappa shape index (κ3) is 5.91. The second kappa shape index (κ2) is 12.9. The molecule has 7 atom stereocenters. The minimum atomic E-state index is -1.63. The Hall–Kier alpha value is -2.66. The Morgan fingerprint density at radius 1 is 1.24 bits per heavy atom. The zero-order valence-electron chi connectivity index (χ0n) is 22.3. The number of hydrogen-bond acceptors (Lipinski definition) is 10. The molecule has 1 aliphatic heterocycles. The summed E-state index contributed by atoms with van der Waals surface area (Å²) in [6.45, 7) is -0.632. The van der Waals surface area contributed by atoms with Crippen molar-refractivity contribution >= 4 is 29.0 Å². The molecule has 0 spiro atoms. The van der Waals surface area contributed by atoms with Crippen molar-refractivity contribution in [3.05, 3.63) is 51.9 Å². The van der Waals surface area contributed by atoms with E-state index in [1.807, 2.05) is 0 Å². The number of aromatic nitrogens is 4. The zero-order chi connectivity index (χ0) is 30.1. The van der Waals surface area contributed by atoms with Crippen molar-refractivity contribution in [1.29, 1.82) is 0 Å². The van der Waals surface area contributed by atoms with E-state index in [0.29, 0.717) is 22.7 Å². The summed E-state index contributed by atoms with van der Waals surface area (Å²) in [7, 11) is 1.30. The average Bonchev–Trinajstić information content (AvgIpc) is 3.63. The number of carbonyl (C=O) groups is 1. The molecule has 3 heterocycles. The van der Waals surface area contributed by atoms with E-state index >= 15 is 0 Å². The average molecular weight is 632 g/mol. The van der Waals surface area contributed by atoms with Crippen molar-refractivity contribution in [2.45, 2.75) is 74.8 Å². The van der Waals surface area contributed by atoms with E-state index in [1.54, 1.807) is 0 Å². The topological polar surface area (TPSA) is 143 Å². The normalized spacial score (nSPS) is 28.1. The van der Waals surface area contributed by atoms with E-state index in [1.165, 1.54) is 24.4 Å². The molecule has 42 heavy (non-hydrogen) atoms. The number of nitrogens with zero attached hydrogens (tertiary/aromatic N) is 5. The van der Waals surface area contributed by atoms with Gasteiger partial charge in [-0.1, -0.05) is 29.7 Å². The Kier molecular flexibility index (Phi) is 9.47. The summed E-state index contributed by atoms with van der Waals surface area (Å²) in [5.41, 5.74) is -0.157. The van der Waals surface area contributed by atoms with Crippen molar-refractivity contribution in [2.75, 3.05) is 13.7 Å². The number of aliphatic hydroxyl groups excluding tert-OH is 3. The van der Waals surface area contributed by atoms with Crippen LogP contribution in [0.5, 0.6) is 0 Å². The monoisotopic (exact) mass is 631 g/mol. The van der Waals surface area contributed by atoms with Crippen LogP contribution in [-0.2, 0) is 20.8 Å². The molecule has 3 N–H and O–H groups in total. The molecule has 1 amide bonds. The molecule has 228 valence electrons. The molecule has 16 heteroatoms. The fourth-order valence-corrected chi connectivity index (χ4v) is 6.50. The summed E-state index contributed by atoms with van der Waals surface area (Å²) >= 11 is 7.40. The standard InChI is InChI=1S/C26H29ClF3N5O6S/c1-40-24-22(35-9-16(32-33-35)12-6-14(28)21(30)15(29)7-12)23(38)19(11-36)41-25(24)26(39)34(10-20-13(27)8-31-42-20)17-4-2-3-5-18(17)37/h6-9,17-19,22-25,36-38H,2-5,10-11H2,1H3/t17-,18-,19+,22-,23-,24+,25+/m0/s1. The number of amides is 1. The van der Waals surface area contributed by atoms with Crippen LogP contribution in [0.15, 0.2) is 24.5 Å². The van der Waals surface area contributed by atoms with Gasteiger partial charge in [-0.15, -0.1) is 5.10 Å². The number of rotatable bonds is 8. The Bertz CT molecular complexity index is 1390. The first-order valence-electron chi connectivity index (χ1n) is 13.3. The van der Waals surface area contributed by atoms with E-state index in [-0.39, 0.29) is 17.8 Å². The first kappa shape index (κ1) is 30.8. The summed E-state index contributed by atoms with van der Waals surface area (Å²) in [6.07, 6.45) is -0.743. The highest BCUT2D eigenvalue weighted by Gasteiger charge is 2.51. The molecule has 11 nitrogen and oxygen atoms in total. The van der Waals surface area contributed by atoms with Crippen molar-refractivity contribution in [3.8, 4) is 11.3 Å². The fraction of sp³-hybridized carbons (Fsp3) is 0.538. The van der Waals surface area contributed by atoms with Crippen molar-refractivity contribution < 1.29 is 42.8 Å². The number of carbonyl (C=O) groups excluding carboxylic acids is 1. The third-order valence-corrected chi connectivity index (χ3v) is 8.98. The van der Waals surface area contributed by atoms with E-state index < -0.39 is 72.6 Å². The van der Waals surface area contributed by atoms with Crippen LogP contribution in [0.1, 0.15) is 36.6 Å². The van der Waals surface area contributed by atoms with Crippen molar-refractivity contribution in [2.24, 2.45) is 0 Å². The number of halogens is 4. The number of hydrogen-bond donors (Lipinski definition) is 3. The predicted octanol–water partition coefficient (Wildman–Crippen LogP) is 2.48. The number of aliphatic hydroxyl groups is 3. The summed E-state index contributed by atoms with van der Waals surface area (Å²) in [4.78, 5) is 16.3. The van der Waals surface area contributed by atoms with Crippen LogP contribution in [0.25, 0.3) is 11.3 Å². The molecule has 2 fully saturated rings. The van der Waals surface area contributed by atoms with Crippen LogP contribution in [0, 0.1) is 17.5 Å². The van der Waals surface area contributed by atoms with Gasteiger partial charge in [0.2, 0.25) is 0 Å². The highest BCUT2D eigenvalue weighted by atomic mass is 35.5. The molecule has 0 radical (unpaired) electrons. The number of benzene rings is 1. The van der Waals surface area contributed by atoms with Gasteiger partial charge in [-0.25, -0.2) is 17.9 Å². The lowest BCUT2D eigenvalue weighted by Crippen LogP contribution is -2.62. The lowest BCUT2D eigenvalue weighted by Gasteiger charge is -2.46.